The first-order valence-electron chi connectivity index (χ1n) is 4.34. The van der Waals surface area contributed by atoms with Gasteiger partial charge in [0.05, 0.1) is 19.0 Å². The fourth-order valence-electron chi connectivity index (χ4n) is 1.50. The van der Waals surface area contributed by atoms with Gasteiger partial charge in [-0.25, -0.2) is 4.98 Å². The molecule has 0 saturated carbocycles. The van der Waals surface area contributed by atoms with Crippen LogP contribution in [0.5, 0.6) is 5.75 Å². The van der Waals surface area contributed by atoms with Crippen molar-refractivity contribution in [2.75, 3.05) is 7.11 Å². The first-order valence-corrected chi connectivity index (χ1v) is 4.34. The number of nitrogens with zero attached hydrogens (tertiary/aromatic N) is 2. The molecule has 1 aromatic heterocycles. The van der Waals surface area contributed by atoms with Gasteiger partial charge in [-0.05, 0) is 19.1 Å². The van der Waals surface area contributed by atoms with Gasteiger partial charge in [0.15, 0.2) is 0 Å². The Hall–Kier alpha value is -1.51. The van der Waals surface area contributed by atoms with Crippen LogP contribution in [0, 0.1) is 0 Å². The van der Waals surface area contributed by atoms with E-state index in [0.717, 1.165) is 23.3 Å². The Morgan fingerprint density at radius 1 is 1.46 bits per heavy atom. The minimum atomic E-state index is 0.886. The Labute approximate surface area is 77.0 Å². The Morgan fingerprint density at radius 2 is 2.31 bits per heavy atom. The molecule has 3 nitrogen and oxygen atoms in total. The molecule has 2 rings (SSSR count). The molecule has 0 amide bonds. The molecule has 68 valence electrons. The fraction of sp³-hybridized carbons (Fsp3) is 0.300. The predicted molar refractivity (Wildman–Crippen MR) is 52.0 cm³/mol. The molecule has 0 spiro atoms. The third kappa shape index (κ3) is 1.16. The van der Waals surface area contributed by atoms with Crippen molar-refractivity contribution in [2.45, 2.75) is 13.5 Å². The molecule has 0 aliphatic heterocycles. The van der Waals surface area contributed by atoms with Gasteiger partial charge >= 0.3 is 0 Å². The summed E-state index contributed by atoms with van der Waals surface area (Å²) in [6.45, 7) is 3.00. The van der Waals surface area contributed by atoms with Crippen LogP contribution in [0.25, 0.3) is 11.0 Å². The van der Waals surface area contributed by atoms with Gasteiger partial charge in [0.1, 0.15) is 11.3 Å². The number of fused-ring (bicyclic) bond motifs is 1. The summed E-state index contributed by atoms with van der Waals surface area (Å²) >= 11 is 0. The number of hydrogen-bond acceptors (Lipinski definition) is 2. The second-order valence-electron chi connectivity index (χ2n) is 2.86. The minimum Gasteiger partial charge on any atom is -0.494 e. The van der Waals surface area contributed by atoms with Crippen LogP contribution >= 0.6 is 0 Å². The molecule has 0 atom stereocenters. The highest BCUT2D eigenvalue weighted by Gasteiger charge is 2.05. The monoisotopic (exact) mass is 176 g/mol. The standard InChI is InChI=1S/C10H12N2O/c1-3-12-7-11-8-5-4-6-9(13-2)10(8)12/h4-7H,3H2,1-2H3. The molecule has 0 aliphatic rings. The summed E-state index contributed by atoms with van der Waals surface area (Å²) in [5, 5.41) is 0. The first kappa shape index (κ1) is 8.10. The second kappa shape index (κ2) is 3.09. The zero-order valence-corrected chi connectivity index (χ0v) is 7.82. The summed E-state index contributed by atoms with van der Waals surface area (Å²) in [7, 11) is 1.68. The van der Waals surface area contributed by atoms with Gasteiger partial charge in [-0.1, -0.05) is 6.07 Å². The van der Waals surface area contributed by atoms with E-state index in [4.69, 9.17) is 4.74 Å². The van der Waals surface area contributed by atoms with Crippen molar-refractivity contribution in [3.8, 4) is 5.75 Å². The minimum absolute atomic E-state index is 0.886. The van der Waals surface area contributed by atoms with E-state index in [1.54, 1.807) is 7.11 Å². The predicted octanol–water partition coefficient (Wildman–Crippen LogP) is 2.06. The summed E-state index contributed by atoms with van der Waals surface area (Å²) in [5.74, 6) is 0.886. The summed E-state index contributed by atoms with van der Waals surface area (Å²) in [6, 6.07) is 5.90. The van der Waals surface area contributed by atoms with Gasteiger partial charge in [0, 0.05) is 6.54 Å². The zero-order valence-electron chi connectivity index (χ0n) is 7.82. The molecule has 1 aromatic carbocycles. The second-order valence-corrected chi connectivity index (χ2v) is 2.86. The molecule has 13 heavy (non-hydrogen) atoms. The van der Waals surface area contributed by atoms with Crippen LogP contribution in [-0.4, -0.2) is 16.7 Å². The summed E-state index contributed by atoms with van der Waals surface area (Å²) in [4.78, 5) is 4.28. The topological polar surface area (TPSA) is 27.1 Å². The highest BCUT2D eigenvalue weighted by molar-refractivity contribution is 5.81. The van der Waals surface area contributed by atoms with Crippen molar-refractivity contribution in [1.29, 1.82) is 0 Å². The number of hydrogen-bond donors (Lipinski definition) is 0. The number of para-hydroxylation sites is 1. The number of rotatable bonds is 2. The van der Waals surface area contributed by atoms with Crippen LogP contribution in [0.4, 0.5) is 0 Å². The smallest absolute Gasteiger partial charge is 0.144 e. The van der Waals surface area contributed by atoms with E-state index < -0.39 is 0 Å². The van der Waals surface area contributed by atoms with Crippen molar-refractivity contribution in [2.24, 2.45) is 0 Å². The highest BCUT2D eigenvalue weighted by atomic mass is 16.5. The van der Waals surface area contributed by atoms with Gasteiger partial charge in [-0.15, -0.1) is 0 Å². The number of aryl methyl sites for hydroxylation is 1. The number of ether oxygens (including phenoxy) is 1. The maximum absolute atomic E-state index is 5.27. The van der Waals surface area contributed by atoms with Gasteiger partial charge in [0.2, 0.25) is 0 Å². The molecule has 3 heteroatoms. The summed E-state index contributed by atoms with van der Waals surface area (Å²) < 4.78 is 7.35. The Bertz CT molecular complexity index is 420. The van der Waals surface area contributed by atoms with Crippen LogP contribution in [-0.2, 0) is 6.54 Å². The van der Waals surface area contributed by atoms with E-state index in [9.17, 15) is 0 Å². The normalized spacial score (nSPS) is 10.6. The Balaban J connectivity index is 2.76. The summed E-state index contributed by atoms with van der Waals surface area (Å²) in [5.41, 5.74) is 2.06. The van der Waals surface area contributed by atoms with Crippen LogP contribution in [0.15, 0.2) is 24.5 Å². The Kier molecular flexibility index (Phi) is 1.93. The number of imidazole rings is 1. The van der Waals surface area contributed by atoms with Crippen molar-refractivity contribution in [3.63, 3.8) is 0 Å². The zero-order chi connectivity index (χ0) is 9.26. The SMILES string of the molecule is CCn1cnc2cccc(OC)c21. The average molecular weight is 176 g/mol. The molecule has 1 heterocycles. The number of aromatic nitrogens is 2. The molecule has 0 aliphatic carbocycles. The highest BCUT2D eigenvalue weighted by Crippen LogP contribution is 2.23. The number of methoxy groups -OCH3 is 1. The lowest BCUT2D eigenvalue weighted by atomic mass is 10.3. The van der Waals surface area contributed by atoms with E-state index in [-0.39, 0.29) is 0 Å². The molecule has 0 fully saturated rings. The van der Waals surface area contributed by atoms with E-state index in [0.29, 0.717) is 0 Å². The largest absolute Gasteiger partial charge is 0.494 e. The molecule has 0 saturated heterocycles. The molecule has 0 N–H and O–H groups in total. The van der Waals surface area contributed by atoms with Crippen molar-refractivity contribution < 1.29 is 4.74 Å². The molecule has 2 aromatic rings. The van der Waals surface area contributed by atoms with Crippen LogP contribution in [0.1, 0.15) is 6.92 Å². The van der Waals surface area contributed by atoms with Gasteiger partial charge in [-0.3, -0.25) is 0 Å². The van der Waals surface area contributed by atoms with Crippen LogP contribution < -0.4 is 4.74 Å². The quantitative estimate of drug-likeness (QED) is 0.700. The van der Waals surface area contributed by atoms with Crippen LogP contribution in [0.3, 0.4) is 0 Å². The maximum atomic E-state index is 5.27. The van der Waals surface area contributed by atoms with Gasteiger partial charge in [0.25, 0.3) is 0 Å². The molecule has 0 unspecified atom stereocenters. The fourth-order valence-corrected chi connectivity index (χ4v) is 1.50. The van der Waals surface area contributed by atoms with E-state index in [1.807, 2.05) is 24.5 Å². The molecular formula is C10H12N2O. The third-order valence-electron chi connectivity index (χ3n) is 2.16. The van der Waals surface area contributed by atoms with Crippen molar-refractivity contribution in [1.82, 2.24) is 9.55 Å². The molecule has 0 bridgehead atoms. The van der Waals surface area contributed by atoms with E-state index in [1.165, 1.54) is 0 Å². The first-order chi connectivity index (χ1) is 6.36. The lowest BCUT2D eigenvalue weighted by Gasteiger charge is -2.04. The van der Waals surface area contributed by atoms with Gasteiger partial charge < -0.3 is 9.30 Å². The Morgan fingerprint density at radius 3 is 3.00 bits per heavy atom. The third-order valence-corrected chi connectivity index (χ3v) is 2.16. The lowest BCUT2D eigenvalue weighted by molar-refractivity contribution is 0.417. The molecular weight excluding hydrogens is 164 g/mol. The van der Waals surface area contributed by atoms with Crippen molar-refractivity contribution in [3.05, 3.63) is 24.5 Å². The molecule has 0 radical (unpaired) electrons. The van der Waals surface area contributed by atoms with E-state index >= 15 is 0 Å². The van der Waals surface area contributed by atoms with Gasteiger partial charge in [-0.2, -0.15) is 0 Å². The lowest BCUT2D eigenvalue weighted by Crippen LogP contribution is -1.93. The van der Waals surface area contributed by atoms with E-state index in [2.05, 4.69) is 16.5 Å². The van der Waals surface area contributed by atoms with Crippen LogP contribution in [0.2, 0.25) is 0 Å². The van der Waals surface area contributed by atoms with Crippen molar-refractivity contribution >= 4 is 11.0 Å². The summed E-state index contributed by atoms with van der Waals surface area (Å²) in [6.07, 6.45) is 1.84. The maximum Gasteiger partial charge on any atom is 0.144 e. The average Bonchev–Trinajstić information content (AvgIpc) is 2.60. The number of benzene rings is 1.